The lowest BCUT2D eigenvalue weighted by Gasteiger charge is -2.29. The number of unbranched alkanes of at least 4 members (excludes halogenated alkanes) is 1. The fourth-order valence-corrected chi connectivity index (χ4v) is 6.64. The van der Waals surface area contributed by atoms with Gasteiger partial charge in [-0.3, -0.25) is 24.0 Å². The lowest BCUT2D eigenvalue weighted by molar-refractivity contribution is -0.139. The van der Waals surface area contributed by atoms with Crippen LogP contribution in [0.15, 0.2) is 48.5 Å². The summed E-state index contributed by atoms with van der Waals surface area (Å²) in [4.78, 5) is 68.9. The molecule has 4 rings (SSSR count). The zero-order valence-electron chi connectivity index (χ0n) is 32.5. The molecule has 1 heterocycles. The Labute approximate surface area is 327 Å². The van der Waals surface area contributed by atoms with Crippen molar-refractivity contribution >= 4 is 29.5 Å². The lowest BCUT2D eigenvalue weighted by Crippen LogP contribution is -2.52. The van der Waals surface area contributed by atoms with Gasteiger partial charge in [0.25, 0.3) is 5.91 Å². The predicted octanol–water partition coefficient (Wildman–Crippen LogP) is 1.71. The van der Waals surface area contributed by atoms with Crippen LogP contribution in [0, 0.1) is 25.2 Å². The third-order valence-electron chi connectivity index (χ3n) is 9.33. The van der Waals surface area contributed by atoms with Crippen molar-refractivity contribution in [1.29, 1.82) is 5.26 Å². The van der Waals surface area contributed by atoms with Crippen LogP contribution >= 0.6 is 0 Å². The van der Waals surface area contributed by atoms with Gasteiger partial charge in [-0.25, -0.2) is 0 Å². The second-order valence-electron chi connectivity index (χ2n) is 13.6. The zero-order valence-corrected chi connectivity index (χ0v) is 32.5. The van der Waals surface area contributed by atoms with E-state index in [1.807, 2.05) is 32.0 Å². The number of fused-ring (bicyclic) bond motifs is 5. The molecule has 298 valence electrons. The third kappa shape index (κ3) is 11.0. The van der Waals surface area contributed by atoms with Gasteiger partial charge in [-0.15, -0.1) is 0 Å². The Morgan fingerprint density at radius 3 is 2.21 bits per heavy atom. The highest BCUT2D eigenvalue weighted by Gasteiger charge is 2.32. The Balaban J connectivity index is 1.76. The van der Waals surface area contributed by atoms with Crippen molar-refractivity contribution in [2.24, 2.45) is 11.5 Å². The van der Waals surface area contributed by atoms with Crippen LogP contribution in [0.2, 0.25) is 0 Å². The molecule has 8 N–H and O–H groups in total. The molecule has 4 bridgehead atoms. The van der Waals surface area contributed by atoms with Crippen LogP contribution in [0.4, 0.5) is 0 Å². The smallest absolute Gasteiger partial charge is 0.252 e. The van der Waals surface area contributed by atoms with Crippen molar-refractivity contribution in [1.82, 2.24) is 26.2 Å². The molecule has 15 nitrogen and oxygen atoms in total. The maximum absolute atomic E-state index is 14.1. The van der Waals surface area contributed by atoms with Gasteiger partial charge in [-0.1, -0.05) is 37.6 Å². The fourth-order valence-electron chi connectivity index (χ4n) is 6.64. The average molecular weight is 769 g/mol. The van der Waals surface area contributed by atoms with Crippen LogP contribution in [-0.4, -0.2) is 93.5 Å². The summed E-state index contributed by atoms with van der Waals surface area (Å²) >= 11 is 0. The van der Waals surface area contributed by atoms with Gasteiger partial charge in [-0.2, -0.15) is 5.26 Å². The van der Waals surface area contributed by atoms with Crippen LogP contribution in [0.1, 0.15) is 64.0 Å². The number of nitriles is 1. The number of benzene rings is 3. The summed E-state index contributed by atoms with van der Waals surface area (Å²) in [6.45, 7) is 5.41. The summed E-state index contributed by atoms with van der Waals surface area (Å²) in [5.41, 5.74) is 16.8. The molecule has 15 heteroatoms. The van der Waals surface area contributed by atoms with Crippen molar-refractivity contribution in [3.05, 3.63) is 81.9 Å². The zero-order chi connectivity index (χ0) is 40.8. The molecule has 0 fully saturated rings. The first-order valence-corrected chi connectivity index (χ1v) is 18.7. The summed E-state index contributed by atoms with van der Waals surface area (Å²) < 4.78 is 12.1. The second-order valence-corrected chi connectivity index (χ2v) is 13.6. The van der Waals surface area contributed by atoms with Gasteiger partial charge in [0.05, 0.1) is 19.2 Å². The topological polar surface area (TPSA) is 231 Å². The van der Waals surface area contributed by atoms with Gasteiger partial charge in [0.15, 0.2) is 0 Å². The number of likely N-dealkylation sites (N-methyl/N-ethyl adjacent to an activating group) is 1. The van der Waals surface area contributed by atoms with E-state index < -0.39 is 54.7 Å². The Morgan fingerprint density at radius 1 is 0.946 bits per heavy atom. The number of carbonyl (C=O) groups excluding carboxylic acids is 5. The van der Waals surface area contributed by atoms with Crippen molar-refractivity contribution in [2.75, 3.05) is 53.0 Å². The molecule has 3 aromatic rings. The molecule has 56 heavy (non-hydrogen) atoms. The Morgan fingerprint density at radius 2 is 1.59 bits per heavy atom. The van der Waals surface area contributed by atoms with E-state index in [4.69, 9.17) is 26.2 Å². The monoisotopic (exact) mass is 768 g/mol. The van der Waals surface area contributed by atoms with E-state index in [0.29, 0.717) is 39.3 Å². The minimum atomic E-state index is -1.29. The van der Waals surface area contributed by atoms with Crippen molar-refractivity contribution in [3.8, 4) is 28.7 Å². The van der Waals surface area contributed by atoms with Crippen LogP contribution in [0.3, 0.4) is 0 Å². The molecular formula is C41H52N8O7. The number of hydrogen-bond donors (Lipinski definition) is 6. The average Bonchev–Trinajstić information content (AvgIpc) is 3.18. The highest BCUT2D eigenvalue weighted by Crippen LogP contribution is 2.40. The molecule has 0 saturated carbocycles. The number of nitrogens with two attached hydrogens (primary N) is 2. The van der Waals surface area contributed by atoms with Crippen molar-refractivity contribution in [2.45, 2.75) is 58.5 Å². The van der Waals surface area contributed by atoms with E-state index in [-0.39, 0.29) is 39.3 Å². The minimum absolute atomic E-state index is 0.0352. The number of amides is 5. The van der Waals surface area contributed by atoms with Gasteiger partial charge < -0.3 is 47.1 Å². The lowest BCUT2D eigenvalue weighted by atomic mass is 9.93. The number of carbonyl (C=O) groups is 5. The van der Waals surface area contributed by atoms with E-state index >= 15 is 0 Å². The minimum Gasteiger partial charge on any atom is -0.492 e. The molecular weight excluding hydrogens is 716 g/mol. The predicted molar refractivity (Wildman–Crippen MR) is 211 cm³/mol. The molecule has 0 spiro atoms. The molecule has 2 unspecified atom stereocenters. The third-order valence-corrected chi connectivity index (χ3v) is 9.33. The Bertz CT molecular complexity index is 1940. The van der Waals surface area contributed by atoms with E-state index in [0.717, 1.165) is 36.0 Å². The van der Waals surface area contributed by atoms with Gasteiger partial charge in [0.1, 0.15) is 43.3 Å². The number of ether oxygens (including phenoxy) is 2. The van der Waals surface area contributed by atoms with Gasteiger partial charge >= 0.3 is 0 Å². The summed E-state index contributed by atoms with van der Waals surface area (Å²) in [5.74, 6) is -2.13. The van der Waals surface area contributed by atoms with Crippen LogP contribution in [0.25, 0.3) is 11.1 Å². The summed E-state index contributed by atoms with van der Waals surface area (Å²) in [7, 11) is 1.44. The normalized spacial score (nSPS) is 15.3. The van der Waals surface area contributed by atoms with Gasteiger partial charge in [-0.05, 0) is 78.8 Å². The maximum Gasteiger partial charge on any atom is 0.252 e. The molecule has 1 aliphatic heterocycles. The van der Waals surface area contributed by atoms with E-state index in [1.165, 1.54) is 11.9 Å². The number of rotatable bonds is 15. The summed E-state index contributed by atoms with van der Waals surface area (Å²) in [6.07, 6.45) is 3.03. The highest BCUT2D eigenvalue weighted by atomic mass is 16.5. The van der Waals surface area contributed by atoms with Gasteiger partial charge in [0.2, 0.25) is 23.6 Å². The largest absolute Gasteiger partial charge is 0.492 e. The first kappa shape index (κ1) is 42.8. The molecule has 2 atom stereocenters. The molecule has 0 radical (unpaired) electrons. The molecule has 0 aromatic heterocycles. The van der Waals surface area contributed by atoms with Gasteiger partial charge in [0, 0.05) is 43.2 Å². The summed E-state index contributed by atoms with van der Waals surface area (Å²) in [5, 5.41) is 19.5. The second kappa shape index (κ2) is 20.6. The van der Waals surface area contributed by atoms with Crippen LogP contribution < -0.4 is 42.2 Å². The van der Waals surface area contributed by atoms with Crippen LogP contribution in [-0.2, 0) is 32.0 Å². The standard InChI is InChI=1S/C41H52N8O7/c1-5-6-7-27-18-25(2)37(26(3)19-27)40(53)47-24-36(51)49(4)38-29-9-11-34(56-17-14-44)31(22-29)30-20-28(8-10-33(30)55-16-13-43)21-32(39(52)45-15-12-42)48-35(50)23-46-41(38)54/h8-11,18-20,22,32,38H,5-7,13-17,21,23-24,43-44H2,1-4H3,(H,45,52)(H,46,54)(H,47,53)(H,48,50). The van der Waals surface area contributed by atoms with Crippen molar-refractivity contribution < 1.29 is 33.4 Å². The first-order chi connectivity index (χ1) is 26.9. The van der Waals surface area contributed by atoms with Crippen LogP contribution in [0.5, 0.6) is 11.5 Å². The Hall–Kier alpha value is -5.98. The Kier molecular flexibility index (Phi) is 15.8. The number of hydrogen-bond acceptors (Lipinski definition) is 10. The van der Waals surface area contributed by atoms with Crippen molar-refractivity contribution in [3.63, 3.8) is 0 Å². The van der Waals surface area contributed by atoms with E-state index in [1.54, 1.807) is 36.4 Å². The SMILES string of the molecule is CCCCc1cc(C)c(C(=O)NCC(=O)N(C)C2C(=O)NCC(=O)NC(C(=O)NCC#N)Cc3ccc(OCCN)c(c3)-c3cc2ccc3OCCN)c(C)c1. The van der Waals surface area contributed by atoms with E-state index in [9.17, 15) is 24.0 Å². The highest BCUT2D eigenvalue weighted by molar-refractivity contribution is 6.00. The summed E-state index contributed by atoms with van der Waals surface area (Å²) in [6, 6.07) is 13.7. The number of nitrogens with one attached hydrogen (secondary N) is 4. The number of nitrogens with zero attached hydrogens (tertiary/aromatic N) is 2. The first-order valence-electron chi connectivity index (χ1n) is 18.7. The van der Waals surface area contributed by atoms with E-state index in [2.05, 4.69) is 28.2 Å². The molecule has 3 aromatic carbocycles. The molecule has 0 saturated heterocycles. The fraction of sp³-hybridized carbons (Fsp3) is 0.415. The maximum atomic E-state index is 14.1. The molecule has 1 aliphatic rings. The quantitative estimate of drug-likeness (QED) is 0.123. The molecule has 0 aliphatic carbocycles. The number of aryl methyl sites for hydroxylation is 3. The molecule has 5 amide bonds.